The van der Waals surface area contributed by atoms with Crippen molar-refractivity contribution in [3.63, 3.8) is 0 Å². The van der Waals surface area contributed by atoms with Crippen LogP contribution in [0.15, 0.2) is 33.2 Å². The number of carboxylic acid groups (broad SMARTS) is 1. The van der Waals surface area contributed by atoms with Crippen LogP contribution >= 0.6 is 31.9 Å². The number of halogens is 2. The summed E-state index contributed by atoms with van der Waals surface area (Å²) in [4.78, 5) is 22.3. The van der Waals surface area contributed by atoms with Crippen LogP contribution in [0.1, 0.15) is 59.5 Å². The van der Waals surface area contributed by atoms with E-state index in [2.05, 4.69) is 31.9 Å². The summed E-state index contributed by atoms with van der Waals surface area (Å²) >= 11 is 6.74. The van der Waals surface area contributed by atoms with E-state index in [1.54, 1.807) is 18.2 Å². The number of carbonyl (C=O) groups is 2. The van der Waals surface area contributed by atoms with Gasteiger partial charge in [-0.3, -0.25) is 0 Å². The van der Waals surface area contributed by atoms with Gasteiger partial charge in [0.1, 0.15) is 22.7 Å². The number of esters is 1. The number of hydrogen-bond donors (Lipinski definition) is 1. The Balaban J connectivity index is 0.000000176. The second-order valence-electron chi connectivity index (χ2n) is 8.77. The molecule has 4 rings (SSSR count). The first-order valence-corrected chi connectivity index (χ1v) is 11.2. The van der Waals surface area contributed by atoms with Crippen LogP contribution in [0.3, 0.4) is 0 Å². The van der Waals surface area contributed by atoms with E-state index in [4.69, 9.17) is 19.3 Å². The molecule has 2 aromatic carbocycles. The Morgan fingerprint density at radius 1 is 0.871 bits per heavy atom. The highest BCUT2D eigenvalue weighted by molar-refractivity contribution is 9.11. The fourth-order valence-electron chi connectivity index (χ4n) is 3.69. The van der Waals surface area contributed by atoms with E-state index < -0.39 is 5.97 Å². The van der Waals surface area contributed by atoms with Gasteiger partial charge < -0.3 is 19.3 Å². The fraction of sp³-hybridized carbons (Fsp3) is 0.391. The predicted molar refractivity (Wildman–Crippen MR) is 123 cm³/mol. The van der Waals surface area contributed by atoms with Gasteiger partial charge in [0, 0.05) is 24.0 Å². The van der Waals surface area contributed by atoms with E-state index in [-0.39, 0.29) is 17.2 Å². The summed E-state index contributed by atoms with van der Waals surface area (Å²) in [5.74, 6) is 0.360. The maximum absolute atomic E-state index is 11.4. The standard InChI is InChI=1S/C12H13BrO3.C11H11BrO3/c1-12(2)6-8-4-7(11(14)15-3)5-9(13)10(8)16-12;1-11(2)5-7-3-6(10(13)14)4-8(12)9(7)15-11/h4-5H,6H2,1-3H3;3-4H,5H2,1-2H3,(H,13,14). The molecule has 166 valence electrons. The van der Waals surface area contributed by atoms with Crippen molar-refractivity contribution in [1.82, 2.24) is 0 Å². The number of benzene rings is 2. The smallest absolute Gasteiger partial charge is 0.337 e. The van der Waals surface area contributed by atoms with Gasteiger partial charge >= 0.3 is 11.9 Å². The van der Waals surface area contributed by atoms with E-state index in [9.17, 15) is 9.59 Å². The topological polar surface area (TPSA) is 82.1 Å². The molecule has 0 radical (unpaired) electrons. The first kappa shape index (κ1) is 23.6. The monoisotopic (exact) mass is 554 g/mol. The van der Waals surface area contributed by atoms with Gasteiger partial charge in [-0.05, 0) is 83.8 Å². The van der Waals surface area contributed by atoms with Crippen molar-refractivity contribution in [2.45, 2.75) is 51.7 Å². The number of carbonyl (C=O) groups excluding carboxylic acids is 1. The summed E-state index contributed by atoms with van der Waals surface area (Å²) in [6.45, 7) is 8.02. The molecule has 2 aliphatic heterocycles. The number of methoxy groups -OCH3 is 1. The molecule has 0 saturated carbocycles. The molecule has 1 N–H and O–H groups in total. The molecule has 0 unspecified atom stereocenters. The molecule has 0 atom stereocenters. The first-order chi connectivity index (χ1) is 14.3. The molecule has 0 saturated heterocycles. The number of ether oxygens (including phenoxy) is 3. The highest BCUT2D eigenvalue weighted by Gasteiger charge is 2.33. The maximum atomic E-state index is 11.4. The van der Waals surface area contributed by atoms with Crippen molar-refractivity contribution >= 4 is 43.8 Å². The molecule has 8 heteroatoms. The average Bonchev–Trinajstić information content (AvgIpc) is 3.15. The Morgan fingerprint density at radius 3 is 1.71 bits per heavy atom. The molecular weight excluding hydrogens is 532 g/mol. The van der Waals surface area contributed by atoms with E-state index in [0.717, 1.165) is 39.9 Å². The van der Waals surface area contributed by atoms with Crippen LogP contribution < -0.4 is 9.47 Å². The zero-order chi connectivity index (χ0) is 23.1. The van der Waals surface area contributed by atoms with E-state index >= 15 is 0 Å². The number of carboxylic acids is 1. The minimum absolute atomic E-state index is 0.209. The number of hydrogen-bond acceptors (Lipinski definition) is 5. The Morgan fingerprint density at radius 2 is 1.29 bits per heavy atom. The minimum atomic E-state index is -0.914. The van der Waals surface area contributed by atoms with Crippen LogP contribution in [0.4, 0.5) is 0 Å². The van der Waals surface area contributed by atoms with Crippen LogP contribution in [0.25, 0.3) is 0 Å². The largest absolute Gasteiger partial charge is 0.486 e. The maximum Gasteiger partial charge on any atom is 0.337 e. The third-order valence-corrected chi connectivity index (χ3v) is 6.08. The second-order valence-corrected chi connectivity index (χ2v) is 10.5. The van der Waals surface area contributed by atoms with Crippen molar-refractivity contribution in [2.75, 3.05) is 7.11 Å². The SMILES string of the molecule is CC1(C)Cc2cc(C(=O)O)cc(Br)c2O1.COC(=O)c1cc(Br)c2c(c1)CC(C)(C)O2. The zero-order valence-electron chi connectivity index (χ0n) is 18.0. The Bertz CT molecular complexity index is 1060. The average molecular weight is 556 g/mol. The van der Waals surface area contributed by atoms with Crippen molar-refractivity contribution in [3.05, 3.63) is 55.5 Å². The summed E-state index contributed by atoms with van der Waals surface area (Å²) in [5, 5.41) is 8.91. The van der Waals surface area contributed by atoms with Crippen LogP contribution in [0, 0.1) is 0 Å². The number of aromatic carboxylic acids is 1. The molecule has 0 fully saturated rings. The lowest BCUT2D eigenvalue weighted by Gasteiger charge is -2.17. The predicted octanol–water partition coefficient (Wildman–Crippen LogP) is 5.81. The normalized spacial score (nSPS) is 16.7. The van der Waals surface area contributed by atoms with Crippen LogP contribution in [-0.2, 0) is 17.6 Å². The van der Waals surface area contributed by atoms with Gasteiger partial charge in [-0.1, -0.05) is 0 Å². The van der Waals surface area contributed by atoms with Gasteiger partial charge in [0.25, 0.3) is 0 Å². The molecule has 0 aromatic heterocycles. The minimum Gasteiger partial charge on any atom is -0.486 e. The highest BCUT2D eigenvalue weighted by Crippen LogP contribution is 2.42. The van der Waals surface area contributed by atoms with Gasteiger partial charge in [-0.25, -0.2) is 9.59 Å². The molecule has 0 amide bonds. The van der Waals surface area contributed by atoms with Crippen molar-refractivity contribution < 1.29 is 28.9 Å². The lowest BCUT2D eigenvalue weighted by atomic mass is 10.0. The summed E-state index contributed by atoms with van der Waals surface area (Å²) in [6, 6.07) is 6.81. The van der Waals surface area contributed by atoms with Crippen LogP contribution in [0.5, 0.6) is 11.5 Å². The first-order valence-electron chi connectivity index (χ1n) is 9.66. The molecule has 2 aromatic rings. The highest BCUT2D eigenvalue weighted by atomic mass is 79.9. The Kier molecular flexibility index (Phi) is 6.45. The molecule has 0 aliphatic carbocycles. The third-order valence-electron chi connectivity index (χ3n) is 4.90. The van der Waals surface area contributed by atoms with Gasteiger partial charge in [0.05, 0.1) is 27.2 Å². The molecule has 0 spiro atoms. The molecule has 2 heterocycles. The van der Waals surface area contributed by atoms with Crippen molar-refractivity contribution in [2.24, 2.45) is 0 Å². The Hall–Kier alpha value is -2.06. The van der Waals surface area contributed by atoms with Crippen LogP contribution in [-0.4, -0.2) is 35.4 Å². The molecular formula is C23H24Br2O6. The summed E-state index contributed by atoms with van der Waals surface area (Å²) in [6.07, 6.45) is 1.54. The fourth-order valence-corrected chi connectivity index (χ4v) is 4.86. The summed E-state index contributed by atoms with van der Waals surface area (Å²) < 4.78 is 17.7. The number of rotatable bonds is 2. The van der Waals surface area contributed by atoms with Crippen LogP contribution in [0.2, 0.25) is 0 Å². The van der Waals surface area contributed by atoms with Gasteiger partial charge in [0.2, 0.25) is 0 Å². The lowest BCUT2D eigenvalue weighted by molar-refractivity contribution is 0.0599. The lowest BCUT2D eigenvalue weighted by Crippen LogP contribution is -2.24. The van der Waals surface area contributed by atoms with Gasteiger partial charge in [-0.15, -0.1) is 0 Å². The summed E-state index contributed by atoms with van der Waals surface area (Å²) in [7, 11) is 1.38. The quantitative estimate of drug-likeness (QED) is 0.471. The Labute approximate surface area is 198 Å². The van der Waals surface area contributed by atoms with Crippen molar-refractivity contribution in [3.8, 4) is 11.5 Å². The van der Waals surface area contributed by atoms with E-state index in [1.165, 1.54) is 7.11 Å². The zero-order valence-corrected chi connectivity index (χ0v) is 21.1. The molecule has 6 nitrogen and oxygen atoms in total. The molecule has 0 bridgehead atoms. The third kappa shape index (κ3) is 5.23. The van der Waals surface area contributed by atoms with Gasteiger partial charge in [0.15, 0.2) is 0 Å². The summed E-state index contributed by atoms with van der Waals surface area (Å²) in [5.41, 5.74) is 2.38. The van der Waals surface area contributed by atoms with Gasteiger partial charge in [-0.2, -0.15) is 0 Å². The van der Waals surface area contributed by atoms with Crippen molar-refractivity contribution in [1.29, 1.82) is 0 Å². The van der Waals surface area contributed by atoms with E-state index in [0.29, 0.717) is 15.6 Å². The molecule has 31 heavy (non-hydrogen) atoms. The van der Waals surface area contributed by atoms with E-state index in [1.807, 2.05) is 33.8 Å². The molecule has 2 aliphatic rings. The number of fused-ring (bicyclic) bond motifs is 2. The second kappa shape index (κ2) is 8.47.